The molecule has 0 spiro atoms. The van der Waals surface area contributed by atoms with Gasteiger partial charge in [-0.25, -0.2) is 14.8 Å². The Labute approximate surface area is 121 Å². The zero-order chi connectivity index (χ0) is 14.7. The van der Waals surface area contributed by atoms with Crippen molar-refractivity contribution in [2.24, 2.45) is 0 Å². The molecule has 0 fully saturated rings. The maximum absolute atomic E-state index is 11.3. The number of anilines is 2. The van der Waals surface area contributed by atoms with Gasteiger partial charge in [0.15, 0.2) is 5.69 Å². The van der Waals surface area contributed by atoms with Crippen LogP contribution in [0.5, 0.6) is 0 Å². The molecule has 0 atom stereocenters. The second-order valence-electron chi connectivity index (χ2n) is 4.56. The first-order valence-corrected chi connectivity index (χ1v) is 6.48. The van der Waals surface area contributed by atoms with Gasteiger partial charge < -0.3 is 10.4 Å². The molecule has 1 aromatic heterocycles. The summed E-state index contributed by atoms with van der Waals surface area (Å²) in [5.74, 6) is -0.557. The number of hydrogen-bond donors (Lipinski definition) is 2. The Kier molecular flexibility index (Phi) is 4.20. The number of carbonyl (C=O) groups is 1. The molecular weight excluding hydrogens is 278 g/mol. The van der Waals surface area contributed by atoms with Gasteiger partial charge in [0.05, 0.1) is 22.6 Å². The van der Waals surface area contributed by atoms with E-state index in [1.54, 1.807) is 24.3 Å². The summed E-state index contributed by atoms with van der Waals surface area (Å²) >= 11 is 6.04. The Hall–Kier alpha value is -2.14. The van der Waals surface area contributed by atoms with Crippen LogP contribution in [0.1, 0.15) is 36.1 Å². The van der Waals surface area contributed by atoms with Crippen molar-refractivity contribution >= 4 is 28.9 Å². The number of nitrogens with zero attached hydrogens (tertiary/aromatic N) is 2. The molecule has 1 aromatic carbocycles. The molecule has 1 heterocycles. The summed E-state index contributed by atoms with van der Waals surface area (Å²) in [6.07, 6.45) is 1.47. The minimum absolute atomic E-state index is 0.0578. The zero-order valence-corrected chi connectivity index (χ0v) is 11.8. The SMILES string of the molecule is CC(C)c1ncc(Nc2ccccc2Cl)c(C(=O)O)n1. The minimum Gasteiger partial charge on any atom is -0.476 e. The quantitative estimate of drug-likeness (QED) is 0.898. The molecule has 0 aliphatic heterocycles. The van der Waals surface area contributed by atoms with Gasteiger partial charge in [-0.3, -0.25) is 0 Å². The predicted molar refractivity (Wildman–Crippen MR) is 77.8 cm³/mol. The lowest BCUT2D eigenvalue weighted by atomic mass is 10.2. The molecule has 5 nitrogen and oxygen atoms in total. The molecule has 0 radical (unpaired) electrons. The molecule has 104 valence electrons. The Morgan fingerprint density at radius 3 is 2.60 bits per heavy atom. The largest absolute Gasteiger partial charge is 0.476 e. The second-order valence-corrected chi connectivity index (χ2v) is 4.96. The highest BCUT2D eigenvalue weighted by molar-refractivity contribution is 6.33. The smallest absolute Gasteiger partial charge is 0.356 e. The molecule has 0 saturated carbocycles. The van der Waals surface area contributed by atoms with Crippen LogP contribution in [0.4, 0.5) is 11.4 Å². The van der Waals surface area contributed by atoms with Crippen molar-refractivity contribution in [3.63, 3.8) is 0 Å². The molecule has 2 N–H and O–H groups in total. The van der Waals surface area contributed by atoms with Crippen LogP contribution in [-0.2, 0) is 0 Å². The van der Waals surface area contributed by atoms with E-state index in [0.717, 1.165) is 0 Å². The predicted octanol–water partition coefficient (Wildman–Crippen LogP) is 3.70. The monoisotopic (exact) mass is 291 g/mol. The molecule has 0 amide bonds. The highest BCUT2D eigenvalue weighted by atomic mass is 35.5. The third-order valence-corrected chi connectivity index (χ3v) is 3.00. The van der Waals surface area contributed by atoms with Crippen molar-refractivity contribution in [1.82, 2.24) is 9.97 Å². The molecule has 0 aliphatic carbocycles. The van der Waals surface area contributed by atoms with Crippen LogP contribution in [0.2, 0.25) is 5.02 Å². The Bertz CT molecular complexity index is 644. The highest BCUT2D eigenvalue weighted by Gasteiger charge is 2.16. The number of rotatable bonds is 4. The molecule has 0 bridgehead atoms. The first kappa shape index (κ1) is 14.3. The van der Waals surface area contributed by atoms with Gasteiger partial charge in [-0.15, -0.1) is 0 Å². The van der Waals surface area contributed by atoms with Gasteiger partial charge in [-0.2, -0.15) is 0 Å². The standard InChI is InChI=1S/C14H14ClN3O2/c1-8(2)13-16-7-11(12(18-13)14(19)20)17-10-6-4-3-5-9(10)15/h3-8,17H,1-2H3,(H,19,20). The molecule has 2 rings (SSSR count). The average Bonchev–Trinajstić information content (AvgIpc) is 2.41. The molecular formula is C14H14ClN3O2. The number of hydrogen-bond acceptors (Lipinski definition) is 4. The van der Waals surface area contributed by atoms with Crippen LogP contribution in [0, 0.1) is 0 Å². The van der Waals surface area contributed by atoms with Crippen molar-refractivity contribution in [3.8, 4) is 0 Å². The van der Waals surface area contributed by atoms with E-state index in [0.29, 0.717) is 22.2 Å². The third kappa shape index (κ3) is 3.05. The fraction of sp³-hybridized carbons (Fsp3) is 0.214. The van der Waals surface area contributed by atoms with Crippen LogP contribution in [0.25, 0.3) is 0 Å². The Morgan fingerprint density at radius 2 is 2.00 bits per heavy atom. The summed E-state index contributed by atoms with van der Waals surface area (Å²) in [6, 6.07) is 7.07. The van der Waals surface area contributed by atoms with Crippen molar-refractivity contribution in [2.45, 2.75) is 19.8 Å². The zero-order valence-electron chi connectivity index (χ0n) is 11.1. The van der Waals surface area contributed by atoms with Gasteiger partial charge in [0.25, 0.3) is 0 Å². The number of para-hydroxylation sites is 1. The number of nitrogens with one attached hydrogen (secondary N) is 1. The van der Waals surface area contributed by atoms with E-state index in [9.17, 15) is 9.90 Å². The lowest BCUT2D eigenvalue weighted by Crippen LogP contribution is -2.10. The number of carboxylic acids is 1. The van der Waals surface area contributed by atoms with Gasteiger partial charge in [0.1, 0.15) is 5.82 Å². The number of aromatic nitrogens is 2. The van der Waals surface area contributed by atoms with Gasteiger partial charge in [-0.1, -0.05) is 37.6 Å². The van der Waals surface area contributed by atoms with Gasteiger partial charge in [0, 0.05) is 5.92 Å². The molecule has 6 heteroatoms. The molecule has 0 saturated heterocycles. The number of carboxylic acid groups (broad SMARTS) is 1. The minimum atomic E-state index is -1.11. The summed E-state index contributed by atoms with van der Waals surface area (Å²) in [6.45, 7) is 3.81. The summed E-state index contributed by atoms with van der Waals surface area (Å²) in [7, 11) is 0. The number of halogens is 1. The van der Waals surface area contributed by atoms with E-state index in [1.807, 2.05) is 13.8 Å². The summed E-state index contributed by atoms with van der Waals surface area (Å²) in [5.41, 5.74) is 0.858. The van der Waals surface area contributed by atoms with Crippen LogP contribution in [0.3, 0.4) is 0 Å². The summed E-state index contributed by atoms with van der Waals surface area (Å²) < 4.78 is 0. The fourth-order valence-electron chi connectivity index (χ4n) is 1.64. The summed E-state index contributed by atoms with van der Waals surface area (Å²) in [5, 5.41) is 12.7. The highest BCUT2D eigenvalue weighted by Crippen LogP contribution is 2.26. The number of aromatic carboxylic acids is 1. The van der Waals surface area contributed by atoms with Crippen LogP contribution in [-0.4, -0.2) is 21.0 Å². The van der Waals surface area contributed by atoms with Crippen LogP contribution >= 0.6 is 11.6 Å². The van der Waals surface area contributed by atoms with Gasteiger partial charge >= 0.3 is 5.97 Å². The molecule has 0 aliphatic rings. The first-order chi connectivity index (χ1) is 9.49. The summed E-state index contributed by atoms with van der Waals surface area (Å²) in [4.78, 5) is 19.6. The molecule has 20 heavy (non-hydrogen) atoms. The van der Waals surface area contributed by atoms with Crippen molar-refractivity contribution in [2.75, 3.05) is 5.32 Å². The van der Waals surface area contributed by atoms with E-state index in [2.05, 4.69) is 15.3 Å². The van der Waals surface area contributed by atoms with Crippen LogP contribution < -0.4 is 5.32 Å². The van der Waals surface area contributed by atoms with Crippen molar-refractivity contribution in [1.29, 1.82) is 0 Å². The topological polar surface area (TPSA) is 75.1 Å². The second kappa shape index (κ2) is 5.88. The number of benzene rings is 1. The van der Waals surface area contributed by atoms with Gasteiger partial charge in [-0.05, 0) is 12.1 Å². The van der Waals surface area contributed by atoms with E-state index < -0.39 is 5.97 Å². The third-order valence-electron chi connectivity index (χ3n) is 2.67. The average molecular weight is 292 g/mol. The fourth-order valence-corrected chi connectivity index (χ4v) is 1.82. The van der Waals surface area contributed by atoms with Gasteiger partial charge in [0.2, 0.25) is 0 Å². The van der Waals surface area contributed by atoms with Crippen LogP contribution in [0.15, 0.2) is 30.5 Å². The lowest BCUT2D eigenvalue weighted by Gasteiger charge is -2.12. The van der Waals surface area contributed by atoms with Crippen molar-refractivity contribution < 1.29 is 9.90 Å². The van der Waals surface area contributed by atoms with E-state index in [1.165, 1.54) is 6.20 Å². The van der Waals surface area contributed by atoms with E-state index >= 15 is 0 Å². The van der Waals surface area contributed by atoms with E-state index in [4.69, 9.17) is 11.6 Å². The normalized spacial score (nSPS) is 10.6. The lowest BCUT2D eigenvalue weighted by molar-refractivity contribution is 0.0691. The van der Waals surface area contributed by atoms with E-state index in [-0.39, 0.29) is 11.6 Å². The molecule has 2 aromatic rings. The Morgan fingerprint density at radius 1 is 1.30 bits per heavy atom. The maximum Gasteiger partial charge on any atom is 0.356 e. The maximum atomic E-state index is 11.3. The molecule has 0 unspecified atom stereocenters. The van der Waals surface area contributed by atoms with Crippen molar-refractivity contribution in [3.05, 3.63) is 47.0 Å². The first-order valence-electron chi connectivity index (χ1n) is 6.11. The Balaban J connectivity index is 2.41.